The second-order valence-electron chi connectivity index (χ2n) is 4.67. The van der Waals surface area contributed by atoms with Crippen LogP contribution in [0.2, 0.25) is 0 Å². The molecule has 0 heterocycles. The summed E-state index contributed by atoms with van der Waals surface area (Å²) in [7, 11) is 4.03. The van der Waals surface area contributed by atoms with Crippen molar-refractivity contribution in [1.29, 1.82) is 0 Å². The van der Waals surface area contributed by atoms with Gasteiger partial charge in [0, 0.05) is 20.2 Å². The first kappa shape index (κ1) is 19.2. The van der Waals surface area contributed by atoms with Gasteiger partial charge in [-0.25, -0.2) is 0 Å². The molecule has 0 aliphatic carbocycles. The average Bonchev–Trinajstić information content (AvgIpc) is 2.53. The number of methoxy groups -OCH3 is 2. The van der Waals surface area contributed by atoms with E-state index in [-0.39, 0.29) is 30.3 Å². The van der Waals surface area contributed by atoms with Crippen LogP contribution in [0, 0.1) is 10.1 Å². The number of carboxylic acid groups (broad SMARTS) is 1. The zero-order chi connectivity index (χ0) is 18.3. The second-order valence-corrected chi connectivity index (χ2v) is 4.67. The van der Waals surface area contributed by atoms with Crippen LogP contribution in [0.3, 0.4) is 0 Å². The standard InChI is InChI=1S/C14H18N2O8/c1-15(8-13(17)18)14(19)9-6-11(23-3)12(24-5-4-22-2)7-10(9)16(20)21/h6-7H,4-5,8H2,1-3H3,(H,17,18). The predicted molar refractivity (Wildman–Crippen MR) is 81.6 cm³/mol. The summed E-state index contributed by atoms with van der Waals surface area (Å²) in [5.41, 5.74) is -0.801. The predicted octanol–water partition coefficient (Wildman–Crippen LogP) is 0.785. The molecule has 10 nitrogen and oxygen atoms in total. The first-order valence-corrected chi connectivity index (χ1v) is 6.77. The van der Waals surface area contributed by atoms with Crippen molar-refractivity contribution in [1.82, 2.24) is 4.90 Å². The van der Waals surface area contributed by atoms with E-state index in [4.69, 9.17) is 19.3 Å². The van der Waals surface area contributed by atoms with Crippen LogP contribution in [0.4, 0.5) is 5.69 Å². The van der Waals surface area contributed by atoms with E-state index in [0.717, 1.165) is 17.0 Å². The average molecular weight is 342 g/mol. The largest absolute Gasteiger partial charge is 0.493 e. The lowest BCUT2D eigenvalue weighted by atomic mass is 10.1. The monoisotopic (exact) mass is 342 g/mol. The van der Waals surface area contributed by atoms with E-state index in [0.29, 0.717) is 0 Å². The summed E-state index contributed by atoms with van der Waals surface area (Å²) in [5, 5.41) is 20.0. The van der Waals surface area contributed by atoms with Crippen LogP contribution in [0.5, 0.6) is 11.5 Å². The Morgan fingerprint density at radius 3 is 2.42 bits per heavy atom. The Kier molecular flexibility index (Phi) is 6.93. The summed E-state index contributed by atoms with van der Waals surface area (Å²) in [6.07, 6.45) is 0. The molecule has 10 heteroatoms. The molecular weight excluding hydrogens is 324 g/mol. The Hall–Kier alpha value is -2.88. The van der Waals surface area contributed by atoms with E-state index < -0.39 is 29.0 Å². The molecule has 0 aromatic heterocycles. The lowest BCUT2D eigenvalue weighted by Gasteiger charge is -2.16. The van der Waals surface area contributed by atoms with Gasteiger partial charge in [0.15, 0.2) is 11.5 Å². The number of amides is 1. The zero-order valence-electron chi connectivity index (χ0n) is 13.5. The molecular formula is C14H18N2O8. The fourth-order valence-electron chi connectivity index (χ4n) is 1.86. The van der Waals surface area contributed by atoms with Crippen molar-refractivity contribution in [3.05, 3.63) is 27.8 Å². The summed E-state index contributed by atoms with van der Waals surface area (Å²) in [4.78, 5) is 34.4. The van der Waals surface area contributed by atoms with Crippen LogP contribution in [0.1, 0.15) is 10.4 Å². The molecule has 1 aromatic rings. The number of hydrogen-bond donors (Lipinski definition) is 1. The lowest BCUT2D eigenvalue weighted by molar-refractivity contribution is -0.385. The minimum Gasteiger partial charge on any atom is -0.493 e. The van der Waals surface area contributed by atoms with Gasteiger partial charge in [-0.3, -0.25) is 19.7 Å². The number of nitro groups is 1. The van der Waals surface area contributed by atoms with Gasteiger partial charge in [-0.15, -0.1) is 0 Å². The smallest absolute Gasteiger partial charge is 0.323 e. The summed E-state index contributed by atoms with van der Waals surface area (Å²) in [6, 6.07) is 2.22. The first-order valence-electron chi connectivity index (χ1n) is 6.77. The van der Waals surface area contributed by atoms with Crippen molar-refractivity contribution >= 4 is 17.6 Å². The molecule has 1 amide bonds. The van der Waals surface area contributed by atoms with Gasteiger partial charge in [-0.1, -0.05) is 0 Å². The Morgan fingerprint density at radius 1 is 1.25 bits per heavy atom. The van der Waals surface area contributed by atoms with Crippen molar-refractivity contribution in [2.24, 2.45) is 0 Å². The maximum atomic E-state index is 12.3. The number of nitro benzene ring substituents is 1. The highest BCUT2D eigenvalue weighted by Crippen LogP contribution is 2.35. The van der Waals surface area contributed by atoms with E-state index in [9.17, 15) is 19.7 Å². The third-order valence-electron chi connectivity index (χ3n) is 2.97. The van der Waals surface area contributed by atoms with Gasteiger partial charge in [0.1, 0.15) is 18.7 Å². The quantitative estimate of drug-likeness (QED) is 0.396. The van der Waals surface area contributed by atoms with Gasteiger partial charge in [-0.05, 0) is 0 Å². The number of ether oxygens (including phenoxy) is 3. The minimum atomic E-state index is -1.24. The molecule has 132 valence electrons. The molecule has 0 radical (unpaired) electrons. The van der Waals surface area contributed by atoms with Crippen LogP contribution in [0.25, 0.3) is 0 Å². The van der Waals surface area contributed by atoms with Crippen LogP contribution in [-0.4, -0.2) is 67.8 Å². The van der Waals surface area contributed by atoms with Gasteiger partial charge in [0.2, 0.25) is 0 Å². The Balaban J connectivity index is 3.26. The maximum Gasteiger partial charge on any atom is 0.323 e. The molecule has 0 unspecified atom stereocenters. The number of carboxylic acids is 1. The number of aliphatic carboxylic acids is 1. The van der Waals surface area contributed by atoms with Gasteiger partial charge in [0.25, 0.3) is 11.6 Å². The van der Waals surface area contributed by atoms with E-state index in [1.54, 1.807) is 0 Å². The third kappa shape index (κ3) is 4.81. The maximum absolute atomic E-state index is 12.3. The van der Waals surface area contributed by atoms with Crippen LogP contribution in [0.15, 0.2) is 12.1 Å². The number of nitrogens with zero attached hydrogens (tertiary/aromatic N) is 2. The summed E-state index contributed by atoms with van der Waals surface area (Å²) in [6.45, 7) is -0.195. The van der Waals surface area contributed by atoms with E-state index in [1.807, 2.05) is 0 Å². The van der Waals surface area contributed by atoms with Gasteiger partial charge < -0.3 is 24.2 Å². The first-order chi connectivity index (χ1) is 11.3. The second kappa shape index (κ2) is 8.67. The number of benzene rings is 1. The molecule has 0 fully saturated rings. The highest BCUT2D eigenvalue weighted by atomic mass is 16.6. The highest BCUT2D eigenvalue weighted by molar-refractivity contribution is 6.00. The van der Waals surface area contributed by atoms with E-state index in [2.05, 4.69) is 0 Å². The van der Waals surface area contributed by atoms with Crippen LogP contribution < -0.4 is 9.47 Å². The number of rotatable bonds is 9. The summed E-state index contributed by atoms with van der Waals surface area (Å²) in [5.74, 6) is -1.85. The zero-order valence-corrected chi connectivity index (χ0v) is 13.5. The van der Waals surface area contributed by atoms with Crippen molar-refractivity contribution in [3.8, 4) is 11.5 Å². The van der Waals surface area contributed by atoms with Crippen LogP contribution >= 0.6 is 0 Å². The van der Waals surface area contributed by atoms with Gasteiger partial charge >= 0.3 is 5.97 Å². The highest BCUT2D eigenvalue weighted by Gasteiger charge is 2.27. The van der Waals surface area contributed by atoms with Crippen LogP contribution in [-0.2, 0) is 9.53 Å². The molecule has 1 aromatic carbocycles. The number of likely N-dealkylation sites (N-methyl/N-ethyl adjacent to an activating group) is 1. The van der Waals surface area contributed by atoms with Gasteiger partial charge in [-0.2, -0.15) is 0 Å². The molecule has 1 N–H and O–H groups in total. The Morgan fingerprint density at radius 2 is 1.92 bits per heavy atom. The molecule has 0 atom stereocenters. The lowest BCUT2D eigenvalue weighted by Crippen LogP contribution is -2.32. The molecule has 0 saturated carbocycles. The topological polar surface area (TPSA) is 128 Å². The van der Waals surface area contributed by atoms with Crippen molar-refractivity contribution in [3.63, 3.8) is 0 Å². The molecule has 24 heavy (non-hydrogen) atoms. The molecule has 0 saturated heterocycles. The number of carbonyl (C=O) groups is 2. The number of hydrogen-bond acceptors (Lipinski definition) is 7. The molecule has 0 bridgehead atoms. The van der Waals surface area contributed by atoms with Crippen molar-refractivity contribution in [2.75, 3.05) is 41.0 Å². The fraction of sp³-hybridized carbons (Fsp3) is 0.429. The molecule has 1 rings (SSSR count). The SMILES string of the molecule is COCCOc1cc([N+](=O)[O-])c(C(=O)N(C)CC(=O)O)cc1OC. The molecule has 0 aliphatic heterocycles. The molecule has 0 aliphatic rings. The number of carbonyl (C=O) groups excluding carboxylic acids is 1. The van der Waals surface area contributed by atoms with Crippen molar-refractivity contribution in [2.45, 2.75) is 0 Å². The van der Waals surface area contributed by atoms with E-state index in [1.165, 1.54) is 21.3 Å². The fourth-order valence-corrected chi connectivity index (χ4v) is 1.86. The summed E-state index contributed by atoms with van der Waals surface area (Å²) < 4.78 is 15.3. The van der Waals surface area contributed by atoms with Crippen molar-refractivity contribution < 1.29 is 33.8 Å². The third-order valence-corrected chi connectivity index (χ3v) is 2.97. The Bertz CT molecular complexity index is 631. The minimum absolute atomic E-state index is 0.0821. The normalized spacial score (nSPS) is 10.1. The Labute approximate surface area is 137 Å². The van der Waals surface area contributed by atoms with E-state index >= 15 is 0 Å². The van der Waals surface area contributed by atoms with Gasteiger partial charge in [0.05, 0.1) is 24.7 Å². The molecule has 0 spiro atoms. The summed E-state index contributed by atoms with van der Waals surface area (Å²) >= 11 is 0.